The van der Waals surface area contributed by atoms with Crippen molar-refractivity contribution in [3.8, 4) is 5.75 Å². The Hall–Kier alpha value is -2.26. The molecule has 1 aromatic carbocycles. The van der Waals surface area contributed by atoms with Crippen LogP contribution in [0.4, 0.5) is 14.5 Å². The predicted molar refractivity (Wildman–Crippen MR) is 115 cm³/mol. The first-order valence-electron chi connectivity index (χ1n) is 8.18. The van der Waals surface area contributed by atoms with Gasteiger partial charge in [0.05, 0.1) is 14.6 Å². The third kappa shape index (κ3) is 6.37. The molecule has 0 atom stereocenters. The SMILES string of the molecule is C=CCOC(=O)C(C(=O)c1cc(N)c(Br)c(OC(F)F)c1Br)=C(CC=C)CC=C. The number of nitrogens with two attached hydrogens (primary N) is 1. The number of Topliss-reactive ketones (excluding diaryl/α,β-unsaturated/α-hetero) is 1. The van der Waals surface area contributed by atoms with Crippen molar-refractivity contribution in [1.29, 1.82) is 0 Å². The van der Waals surface area contributed by atoms with Crippen LogP contribution in [0.15, 0.2) is 64.1 Å². The summed E-state index contributed by atoms with van der Waals surface area (Å²) in [7, 11) is 0. The minimum Gasteiger partial charge on any atom is -0.458 e. The number of esters is 1. The Morgan fingerprint density at radius 1 is 1.10 bits per heavy atom. The van der Waals surface area contributed by atoms with Crippen LogP contribution in [0.5, 0.6) is 5.75 Å². The molecule has 0 aliphatic rings. The van der Waals surface area contributed by atoms with Crippen LogP contribution in [0, 0.1) is 0 Å². The molecule has 156 valence electrons. The van der Waals surface area contributed by atoms with Crippen molar-refractivity contribution < 1.29 is 27.8 Å². The molecular weight excluding hydrogens is 516 g/mol. The number of alkyl halides is 2. The van der Waals surface area contributed by atoms with Crippen molar-refractivity contribution >= 4 is 49.3 Å². The Bertz CT molecular complexity index is 855. The van der Waals surface area contributed by atoms with Crippen LogP contribution in [0.3, 0.4) is 0 Å². The predicted octanol–water partition coefficient (Wildman–Crippen LogP) is 5.76. The van der Waals surface area contributed by atoms with E-state index in [1.165, 1.54) is 24.3 Å². The van der Waals surface area contributed by atoms with E-state index in [1.54, 1.807) is 0 Å². The fourth-order valence-electron chi connectivity index (χ4n) is 2.36. The minimum absolute atomic E-state index is 0.0278. The summed E-state index contributed by atoms with van der Waals surface area (Å²) in [5, 5.41) is 0. The van der Waals surface area contributed by atoms with Crippen molar-refractivity contribution in [2.75, 3.05) is 12.3 Å². The number of carbonyl (C=O) groups excluding carboxylic acids is 2. The summed E-state index contributed by atoms with van der Waals surface area (Å²) >= 11 is 6.15. The fraction of sp³-hybridized carbons (Fsp3) is 0.200. The molecule has 0 heterocycles. The maximum Gasteiger partial charge on any atom is 0.387 e. The Morgan fingerprint density at radius 2 is 1.69 bits per heavy atom. The van der Waals surface area contributed by atoms with Crippen molar-refractivity contribution in [3.63, 3.8) is 0 Å². The van der Waals surface area contributed by atoms with Crippen LogP contribution in [-0.2, 0) is 9.53 Å². The third-order valence-corrected chi connectivity index (χ3v) is 5.14. The highest BCUT2D eigenvalue weighted by atomic mass is 79.9. The van der Waals surface area contributed by atoms with E-state index in [1.807, 2.05) is 0 Å². The third-order valence-electron chi connectivity index (χ3n) is 3.54. The highest BCUT2D eigenvalue weighted by molar-refractivity contribution is 9.11. The molecule has 0 bridgehead atoms. The molecule has 29 heavy (non-hydrogen) atoms. The number of ether oxygens (including phenoxy) is 2. The largest absolute Gasteiger partial charge is 0.458 e. The van der Waals surface area contributed by atoms with Crippen molar-refractivity contribution in [3.05, 3.63) is 69.7 Å². The Kier molecular flexibility index (Phi) is 9.97. The molecule has 0 radical (unpaired) electrons. The Labute approximate surface area is 184 Å². The second kappa shape index (κ2) is 11.7. The van der Waals surface area contributed by atoms with Gasteiger partial charge in [-0.25, -0.2) is 4.79 Å². The second-order valence-corrected chi connectivity index (χ2v) is 7.12. The maximum absolute atomic E-state index is 13.3. The van der Waals surface area contributed by atoms with Crippen LogP contribution in [0.2, 0.25) is 0 Å². The molecule has 0 aromatic heterocycles. The number of nitrogen functional groups attached to an aromatic ring is 1. The van der Waals surface area contributed by atoms with Crippen molar-refractivity contribution in [2.45, 2.75) is 19.5 Å². The molecule has 0 saturated carbocycles. The van der Waals surface area contributed by atoms with Crippen LogP contribution < -0.4 is 10.5 Å². The van der Waals surface area contributed by atoms with Crippen molar-refractivity contribution in [2.24, 2.45) is 0 Å². The summed E-state index contributed by atoms with van der Waals surface area (Å²) in [6.45, 7) is 7.43. The number of ketones is 1. The zero-order chi connectivity index (χ0) is 22.1. The van der Waals surface area contributed by atoms with Gasteiger partial charge < -0.3 is 15.2 Å². The molecule has 1 aromatic rings. The first-order chi connectivity index (χ1) is 13.7. The highest BCUT2D eigenvalue weighted by Crippen LogP contribution is 2.42. The standard InChI is InChI=1S/C20H19Br2F2NO4/c1-4-7-11(8-5-2)14(19(27)28-9-6-3)17(26)12-10-13(25)16(22)18(15(12)21)29-20(23)24/h4-6,10,20H,1-3,7-9,25H2. The minimum atomic E-state index is -3.16. The molecule has 2 N–H and O–H groups in total. The van der Waals surface area contributed by atoms with Gasteiger partial charge in [-0.1, -0.05) is 24.8 Å². The lowest BCUT2D eigenvalue weighted by Gasteiger charge is -2.16. The van der Waals surface area contributed by atoms with Gasteiger partial charge >= 0.3 is 12.6 Å². The number of hydrogen-bond acceptors (Lipinski definition) is 5. The lowest BCUT2D eigenvalue weighted by atomic mass is 9.94. The van der Waals surface area contributed by atoms with E-state index in [9.17, 15) is 18.4 Å². The second-order valence-electron chi connectivity index (χ2n) is 5.53. The number of rotatable bonds is 11. The average Bonchev–Trinajstić information content (AvgIpc) is 2.66. The summed E-state index contributed by atoms with van der Waals surface area (Å²) in [6, 6.07) is 1.25. The molecule has 0 aliphatic heterocycles. The van der Waals surface area contributed by atoms with Crippen LogP contribution in [0.1, 0.15) is 23.2 Å². The van der Waals surface area contributed by atoms with E-state index in [2.05, 4.69) is 56.3 Å². The van der Waals surface area contributed by atoms with Crippen LogP contribution in [-0.4, -0.2) is 25.0 Å². The molecular formula is C20H19Br2F2NO4. The zero-order valence-electron chi connectivity index (χ0n) is 15.4. The summed E-state index contributed by atoms with van der Waals surface area (Å²) in [4.78, 5) is 25.9. The molecule has 0 unspecified atom stereocenters. The van der Waals surface area contributed by atoms with E-state index >= 15 is 0 Å². The molecule has 0 aliphatic carbocycles. The van der Waals surface area contributed by atoms with E-state index in [0.29, 0.717) is 5.57 Å². The van der Waals surface area contributed by atoms with Gasteiger partial charge in [0.2, 0.25) is 5.78 Å². The molecule has 0 amide bonds. The number of allylic oxidation sites excluding steroid dienone is 3. The quantitative estimate of drug-likeness (QED) is 0.0743. The van der Waals surface area contributed by atoms with Gasteiger partial charge in [-0.15, -0.1) is 13.2 Å². The Balaban J connectivity index is 3.69. The fourth-order valence-corrected chi connectivity index (χ4v) is 3.62. The molecule has 0 spiro atoms. The number of halogens is 4. The number of anilines is 1. The van der Waals surface area contributed by atoms with E-state index in [0.717, 1.165) is 0 Å². The number of carbonyl (C=O) groups is 2. The van der Waals surface area contributed by atoms with Gasteiger partial charge in [0.25, 0.3) is 0 Å². The zero-order valence-corrected chi connectivity index (χ0v) is 18.5. The summed E-state index contributed by atoms with van der Waals surface area (Å²) in [5.41, 5.74) is 5.80. The summed E-state index contributed by atoms with van der Waals surface area (Å²) in [5.74, 6) is -2.03. The average molecular weight is 535 g/mol. The Morgan fingerprint density at radius 3 is 2.17 bits per heavy atom. The number of benzene rings is 1. The first kappa shape index (κ1) is 24.8. The van der Waals surface area contributed by atoms with Gasteiger partial charge in [0.1, 0.15) is 12.2 Å². The van der Waals surface area contributed by atoms with E-state index < -0.39 is 18.4 Å². The topological polar surface area (TPSA) is 78.6 Å². The smallest absolute Gasteiger partial charge is 0.387 e. The van der Waals surface area contributed by atoms with Crippen molar-refractivity contribution in [1.82, 2.24) is 0 Å². The first-order valence-corrected chi connectivity index (χ1v) is 9.76. The van der Waals surface area contributed by atoms with E-state index in [4.69, 9.17) is 10.5 Å². The number of hydrogen-bond donors (Lipinski definition) is 1. The van der Waals surface area contributed by atoms with Crippen LogP contribution >= 0.6 is 31.9 Å². The lowest BCUT2D eigenvalue weighted by Crippen LogP contribution is -2.20. The van der Waals surface area contributed by atoms with Crippen LogP contribution in [0.25, 0.3) is 0 Å². The monoisotopic (exact) mass is 533 g/mol. The molecule has 0 fully saturated rings. The lowest BCUT2D eigenvalue weighted by molar-refractivity contribution is -0.137. The summed E-state index contributed by atoms with van der Waals surface area (Å²) < 4.78 is 35.1. The molecule has 9 heteroatoms. The molecule has 5 nitrogen and oxygen atoms in total. The highest BCUT2D eigenvalue weighted by Gasteiger charge is 2.29. The van der Waals surface area contributed by atoms with Gasteiger partial charge in [-0.3, -0.25) is 4.79 Å². The van der Waals surface area contributed by atoms with Gasteiger partial charge in [0, 0.05) is 5.56 Å². The maximum atomic E-state index is 13.3. The van der Waals surface area contributed by atoms with Gasteiger partial charge in [0.15, 0.2) is 5.75 Å². The van der Waals surface area contributed by atoms with Gasteiger partial charge in [-0.2, -0.15) is 8.78 Å². The molecule has 1 rings (SSSR count). The molecule has 0 saturated heterocycles. The normalized spacial score (nSPS) is 10.2. The summed E-state index contributed by atoms with van der Waals surface area (Å²) in [6.07, 6.45) is 4.80. The van der Waals surface area contributed by atoms with Gasteiger partial charge in [-0.05, 0) is 56.3 Å². The van der Waals surface area contributed by atoms with E-state index in [-0.39, 0.29) is 51.0 Å².